The van der Waals surface area contributed by atoms with Gasteiger partial charge in [-0.1, -0.05) is 40.2 Å². The molecule has 1 amide bonds. The first-order valence-electron chi connectivity index (χ1n) is 10.5. The van der Waals surface area contributed by atoms with Crippen LogP contribution in [0.25, 0.3) is 5.76 Å². The van der Waals surface area contributed by atoms with Gasteiger partial charge in [0.25, 0.3) is 11.7 Å². The predicted octanol–water partition coefficient (Wildman–Crippen LogP) is 3.21. The molecule has 1 atom stereocenters. The average molecular weight is 501 g/mol. The number of aliphatic hydroxyl groups is 1. The average Bonchev–Trinajstić information content (AvgIpc) is 3.08. The van der Waals surface area contributed by atoms with Gasteiger partial charge in [-0.15, -0.1) is 0 Å². The summed E-state index contributed by atoms with van der Waals surface area (Å²) in [6.45, 7) is 3.89. The summed E-state index contributed by atoms with van der Waals surface area (Å²) in [5.41, 5.74) is 1.33. The molecule has 1 N–H and O–H groups in total. The van der Waals surface area contributed by atoms with E-state index in [-0.39, 0.29) is 11.3 Å². The minimum absolute atomic E-state index is 0.101. The van der Waals surface area contributed by atoms with Crippen LogP contribution in [0, 0.1) is 0 Å². The Kier molecular flexibility index (Phi) is 6.93. The Morgan fingerprint density at radius 3 is 2.34 bits per heavy atom. The SMILES string of the molecule is COc1ccc([C@@H]2/C(=C(\O)c3ccc(Br)cc3)C(=O)C(=O)N2CCN2CCOCC2)cc1. The summed E-state index contributed by atoms with van der Waals surface area (Å²) in [5, 5.41) is 11.1. The van der Waals surface area contributed by atoms with Crippen molar-refractivity contribution in [1.29, 1.82) is 0 Å². The molecule has 0 saturated carbocycles. The maximum absolute atomic E-state index is 13.1. The van der Waals surface area contributed by atoms with E-state index in [9.17, 15) is 14.7 Å². The lowest BCUT2D eigenvalue weighted by atomic mass is 9.95. The Balaban J connectivity index is 1.72. The first-order valence-corrected chi connectivity index (χ1v) is 11.3. The number of amides is 1. The van der Waals surface area contributed by atoms with E-state index in [4.69, 9.17) is 9.47 Å². The van der Waals surface area contributed by atoms with Gasteiger partial charge in [-0.2, -0.15) is 0 Å². The topological polar surface area (TPSA) is 79.3 Å². The van der Waals surface area contributed by atoms with Gasteiger partial charge in [-0.3, -0.25) is 14.5 Å². The number of Topliss-reactive ketones (excluding diaryl/α,β-unsaturated/α-hetero) is 1. The van der Waals surface area contributed by atoms with E-state index in [1.165, 1.54) is 0 Å². The van der Waals surface area contributed by atoms with E-state index in [1.807, 2.05) is 12.1 Å². The number of hydrogen-bond donors (Lipinski definition) is 1. The van der Waals surface area contributed by atoms with Gasteiger partial charge < -0.3 is 19.5 Å². The lowest BCUT2D eigenvalue weighted by Crippen LogP contribution is -2.42. The van der Waals surface area contributed by atoms with Crippen LogP contribution in [0.3, 0.4) is 0 Å². The highest BCUT2D eigenvalue weighted by molar-refractivity contribution is 9.10. The zero-order valence-corrected chi connectivity index (χ0v) is 19.4. The molecule has 0 bridgehead atoms. The molecule has 2 heterocycles. The standard InChI is InChI=1S/C24H25BrN2O5/c1-31-19-8-4-16(5-9-19)21-20(22(28)17-2-6-18(25)7-3-17)23(29)24(30)27(21)11-10-26-12-14-32-15-13-26/h2-9,21,28H,10-15H2,1H3/b22-20+/t21-/m1/s1. The molecule has 2 aromatic carbocycles. The number of likely N-dealkylation sites (tertiary alicyclic amines) is 1. The highest BCUT2D eigenvalue weighted by Crippen LogP contribution is 2.39. The number of rotatable bonds is 6. The lowest BCUT2D eigenvalue weighted by molar-refractivity contribution is -0.140. The van der Waals surface area contributed by atoms with E-state index < -0.39 is 17.7 Å². The molecule has 2 aromatic rings. The second-order valence-electron chi connectivity index (χ2n) is 7.73. The van der Waals surface area contributed by atoms with E-state index >= 15 is 0 Å². The number of benzene rings is 2. The molecule has 0 aliphatic carbocycles. The van der Waals surface area contributed by atoms with Crippen LogP contribution in [0.4, 0.5) is 0 Å². The van der Waals surface area contributed by atoms with Crippen LogP contribution in [0.1, 0.15) is 17.2 Å². The maximum Gasteiger partial charge on any atom is 0.295 e. The molecule has 0 radical (unpaired) electrons. The minimum Gasteiger partial charge on any atom is -0.507 e. The van der Waals surface area contributed by atoms with Crippen molar-refractivity contribution in [3.8, 4) is 5.75 Å². The van der Waals surface area contributed by atoms with Crippen molar-refractivity contribution in [2.24, 2.45) is 0 Å². The fourth-order valence-corrected chi connectivity index (χ4v) is 4.34. The molecule has 4 rings (SSSR count). The Morgan fingerprint density at radius 2 is 1.72 bits per heavy atom. The second-order valence-corrected chi connectivity index (χ2v) is 8.64. The molecule has 2 aliphatic heterocycles. The third-order valence-electron chi connectivity index (χ3n) is 5.85. The summed E-state index contributed by atoms with van der Waals surface area (Å²) >= 11 is 3.38. The molecule has 2 saturated heterocycles. The second kappa shape index (κ2) is 9.85. The summed E-state index contributed by atoms with van der Waals surface area (Å²) in [5.74, 6) is -0.775. The molecular formula is C24H25BrN2O5. The normalized spacial score (nSPS) is 21.2. The van der Waals surface area contributed by atoms with Crippen LogP contribution in [0.15, 0.2) is 58.6 Å². The maximum atomic E-state index is 13.1. The zero-order chi connectivity index (χ0) is 22.7. The van der Waals surface area contributed by atoms with E-state index in [1.54, 1.807) is 48.4 Å². The number of nitrogens with zero attached hydrogens (tertiary/aromatic N) is 2. The molecule has 0 spiro atoms. The molecule has 7 nitrogen and oxygen atoms in total. The van der Waals surface area contributed by atoms with Crippen LogP contribution in [0.2, 0.25) is 0 Å². The smallest absolute Gasteiger partial charge is 0.295 e. The number of carbonyl (C=O) groups excluding carboxylic acids is 2. The summed E-state index contributed by atoms with van der Waals surface area (Å²) in [4.78, 5) is 29.9. The van der Waals surface area contributed by atoms with E-state index in [0.29, 0.717) is 37.6 Å². The molecule has 32 heavy (non-hydrogen) atoms. The first-order chi connectivity index (χ1) is 15.5. The van der Waals surface area contributed by atoms with Gasteiger partial charge in [0.05, 0.1) is 31.9 Å². The lowest BCUT2D eigenvalue weighted by Gasteiger charge is -2.31. The summed E-state index contributed by atoms with van der Waals surface area (Å²) in [7, 11) is 1.58. The number of hydrogen-bond acceptors (Lipinski definition) is 6. The van der Waals surface area contributed by atoms with Gasteiger partial charge in [-0.25, -0.2) is 0 Å². The van der Waals surface area contributed by atoms with E-state index in [0.717, 1.165) is 23.1 Å². The van der Waals surface area contributed by atoms with Gasteiger partial charge in [0.2, 0.25) is 0 Å². The minimum atomic E-state index is -0.675. The summed E-state index contributed by atoms with van der Waals surface area (Å²) < 4.78 is 11.5. The highest BCUT2D eigenvalue weighted by Gasteiger charge is 2.46. The molecular weight excluding hydrogens is 476 g/mol. The van der Waals surface area contributed by atoms with Crippen LogP contribution < -0.4 is 4.74 Å². The summed E-state index contributed by atoms with van der Waals surface area (Å²) in [6, 6.07) is 13.5. The van der Waals surface area contributed by atoms with E-state index in [2.05, 4.69) is 20.8 Å². The number of aliphatic hydroxyl groups excluding tert-OH is 1. The monoisotopic (exact) mass is 500 g/mol. The number of ketones is 1. The third-order valence-corrected chi connectivity index (χ3v) is 6.38. The van der Waals surface area contributed by atoms with Gasteiger partial charge in [-0.05, 0) is 29.8 Å². The summed E-state index contributed by atoms with van der Waals surface area (Å²) in [6.07, 6.45) is 0. The highest BCUT2D eigenvalue weighted by atomic mass is 79.9. The third kappa shape index (κ3) is 4.57. The molecule has 8 heteroatoms. The van der Waals surface area contributed by atoms with Gasteiger partial charge >= 0.3 is 0 Å². The zero-order valence-electron chi connectivity index (χ0n) is 17.8. The van der Waals surface area contributed by atoms with Crippen molar-refractivity contribution in [3.63, 3.8) is 0 Å². The quantitative estimate of drug-likeness (QED) is 0.372. The number of carbonyl (C=O) groups is 2. The Bertz CT molecular complexity index is 1010. The number of methoxy groups -OCH3 is 1. The van der Waals surface area contributed by atoms with Crippen molar-refractivity contribution < 1.29 is 24.2 Å². The van der Waals surface area contributed by atoms with Gasteiger partial charge in [0.1, 0.15) is 11.5 Å². The van der Waals surface area contributed by atoms with Gasteiger partial charge in [0.15, 0.2) is 0 Å². The van der Waals surface area contributed by atoms with Gasteiger partial charge in [0, 0.05) is 36.2 Å². The van der Waals surface area contributed by atoms with Crippen LogP contribution in [0.5, 0.6) is 5.75 Å². The fraction of sp³-hybridized carbons (Fsp3) is 0.333. The Hall–Kier alpha value is -2.68. The van der Waals surface area contributed by atoms with Crippen molar-refractivity contribution in [1.82, 2.24) is 9.80 Å². The number of ether oxygens (including phenoxy) is 2. The molecule has 0 aromatic heterocycles. The fourth-order valence-electron chi connectivity index (χ4n) is 4.08. The van der Waals surface area contributed by atoms with Crippen LogP contribution in [-0.4, -0.2) is 73.1 Å². The Morgan fingerprint density at radius 1 is 1.06 bits per heavy atom. The molecule has 2 aliphatic rings. The van der Waals surface area contributed by atoms with Crippen LogP contribution >= 0.6 is 15.9 Å². The molecule has 168 valence electrons. The van der Waals surface area contributed by atoms with Crippen molar-refractivity contribution >= 4 is 33.4 Å². The predicted molar refractivity (Wildman–Crippen MR) is 123 cm³/mol. The van der Waals surface area contributed by atoms with Crippen molar-refractivity contribution in [2.45, 2.75) is 6.04 Å². The first kappa shape index (κ1) is 22.5. The molecule has 2 fully saturated rings. The van der Waals surface area contributed by atoms with Crippen molar-refractivity contribution in [3.05, 3.63) is 69.7 Å². The van der Waals surface area contributed by atoms with Crippen molar-refractivity contribution in [2.75, 3.05) is 46.5 Å². The molecule has 0 unspecified atom stereocenters. The number of halogens is 1. The van der Waals surface area contributed by atoms with Crippen LogP contribution in [-0.2, 0) is 14.3 Å². The largest absolute Gasteiger partial charge is 0.507 e. The Labute approximate surface area is 195 Å². The number of morpholine rings is 1.